The fraction of sp³-hybridized carbons (Fsp3) is 0.917. The SMILES string of the molecule is CCC1(CC)C(=O)C2(CC2)C1(C)C. The van der Waals surface area contributed by atoms with Crippen molar-refractivity contribution < 1.29 is 4.79 Å². The van der Waals surface area contributed by atoms with E-state index in [0.717, 1.165) is 25.7 Å². The normalized spacial score (nSPS) is 31.5. The zero-order chi connectivity index (χ0) is 9.91. The van der Waals surface area contributed by atoms with Gasteiger partial charge in [0.05, 0.1) is 0 Å². The van der Waals surface area contributed by atoms with Crippen LogP contribution in [0.15, 0.2) is 0 Å². The third kappa shape index (κ3) is 0.660. The smallest absolute Gasteiger partial charge is 0.146 e. The lowest BCUT2D eigenvalue weighted by Crippen LogP contribution is -2.64. The summed E-state index contributed by atoms with van der Waals surface area (Å²) in [6, 6.07) is 0. The zero-order valence-electron chi connectivity index (χ0n) is 9.24. The summed E-state index contributed by atoms with van der Waals surface area (Å²) in [4.78, 5) is 12.1. The molecule has 0 N–H and O–H groups in total. The molecule has 0 radical (unpaired) electrons. The van der Waals surface area contributed by atoms with Gasteiger partial charge in [0.15, 0.2) is 0 Å². The number of carbonyl (C=O) groups is 1. The lowest BCUT2D eigenvalue weighted by molar-refractivity contribution is -0.180. The molecule has 2 rings (SSSR count). The quantitative estimate of drug-likeness (QED) is 0.638. The van der Waals surface area contributed by atoms with Gasteiger partial charge >= 0.3 is 0 Å². The molecule has 0 amide bonds. The summed E-state index contributed by atoms with van der Waals surface area (Å²) in [5, 5.41) is 0. The van der Waals surface area contributed by atoms with Crippen LogP contribution in [0.3, 0.4) is 0 Å². The van der Waals surface area contributed by atoms with Crippen LogP contribution < -0.4 is 0 Å². The van der Waals surface area contributed by atoms with E-state index in [2.05, 4.69) is 27.7 Å². The Kier molecular flexibility index (Phi) is 1.55. The number of hydrogen-bond acceptors (Lipinski definition) is 1. The van der Waals surface area contributed by atoms with E-state index in [-0.39, 0.29) is 16.2 Å². The largest absolute Gasteiger partial charge is 0.298 e. The molecule has 0 unspecified atom stereocenters. The second-order valence-corrected chi connectivity index (χ2v) is 5.33. The third-order valence-corrected chi connectivity index (χ3v) is 5.22. The van der Waals surface area contributed by atoms with Crippen LogP contribution in [0.5, 0.6) is 0 Å². The number of carbonyl (C=O) groups excluding carboxylic acids is 1. The second-order valence-electron chi connectivity index (χ2n) is 5.33. The Morgan fingerprint density at radius 3 is 1.85 bits per heavy atom. The topological polar surface area (TPSA) is 17.1 Å². The zero-order valence-corrected chi connectivity index (χ0v) is 9.24. The standard InChI is InChI=1S/C12H20O/c1-5-11(6-2)9(13)12(7-8-12)10(11,3)4/h5-8H2,1-4H3. The van der Waals surface area contributed by atoms with Gasteiger partial charge in [0.1, 0.15) is 5.78 Å². The highest BCUT2D eigenvalue weighted by molar-refractivity contribution is 6.01. The minimum Gasteiger partial charge on any atom is -0.298 e. The summed E-state index contributed by atoms with van der Waals surface area (Å²) in [6.07, 6.45) is 4.36. The summed E-state index contributed by atoms with van der Waals surface area (Å²) < 4.78 is 0. The van der Waals surface area contributed by atoms with Crippen LogP contribution in [0.1, 0.15) is 53.4 Å². The fourth-order valence-electron chi connectivity index (χ4n) is 3.85. The van der Waals surface area contributed by atoms with E-state index in [9.17, 15) is 4.79 Å². The van der Waals surface area contributed by atoms with Crippen molar-refractivity contribution in [3.8, 4) is 0 Å². The van der Waals surface area contributed by atoms with Crippen LogP contribution in [0, 0.1) is 16.2 Å². The van der Waals surface area contributed by atoms with Crippen LogP contribution in [-0.4, -0.2) is 5.78 Å². The molecule has 2 aliphatic rings. The molecule has 0 aromatic heterocycles. The first-order chi connectivity index (χ1) is 5.98. The van der Waals surface area contributed by atoms with Gasteiger partial charge in [-0.3, -0.25) is 4.79 Å². The number of ketones is 1. The van der Waals surface area contributed by atoms with Crippen molar-refractivity contribution in [2.45, 2.75) is 53.4 Å². The van der Waals surface area contributed by atoms with Crippen molar-refractivity contribution >= 4 is 5.78 Å². The van der Waals surface area contributed by atoms with E-state index in [1.54, 1.807) is 0 Å². The maximum absolute atomic E-state index is 12.1. The first-order valence-corrected chi connectivity index (χ1v) is 5.53. The number of Topliss-reactive ketones (excluding diaryl/α,β-unsaturated/α-hetero) is 1. The van der Waals surface area contributed by atoms with Gasteiger partial charge in [0, 0.05) is 10.8 Å². The van der Waals surface area contributed by atoms with E-state index >= 15 is 0 Å². The Bertz CT molecular complexity index is 254. The molecule has 2 fully saturated rings. The molecule has 1 heteroatoms. The maximum Gasteiger partial charge on any atom is 0.146 e. The molecular weight excluding hydrogens is 160 g/mol. The molecule has 0 saturated heterocycles. The molecule has 2 aliphatic carbocycles. The van der Waals surface area contributed by atoms with E-state index in [4.69, 9.17) is 0 Å². The average Bonchev–Trinajstić information content (AvgIpc) is 2.87. The maximum atomic E-state index is 12.1. The highest BCUT2D eigenvalue weighted by Crippen LogP contribution is 2.78. The van der Waals surface area contributed by atoms with Crippen LogP contribution in [0.25, 0.3) is 0 Å². The van der Waals surface area contributed by atoms with Crippen molar-refractivity contribution in [2.75, 3.05) is 0 Å². The fourth-order valence-corrected chi connectivity index (χ4v) is 3.85. The molecule has 0 aromatic carbocycles. The van der Waals surface area contributed by atoms with Gasteiger partial charge in [-0.2, -0.15) is 0 Å². The molecular formula is C12H20O. The van der Waals surface area contributed by atoms with Gasteiger partial charge in [0.2, 0.25) is 0 Å². The van der Waals surface area contributed by atoms with Gasteiger partial charge < -0.3 is 0 Å². The van der Waals surface area contributed by atoms with Gasteiger partial charge in [-0.1, -0.05) is 27.7 Å². The molecule has 1 spiro atoms. The number of hydrogen-bond donors (Lipinski definition) is 0. The van der Waals surface area contributed by atoms with E-state index in [1.165, 1.54) is 0 Å². The highest BCUT2D eigenvalue weighted by Gasteiger charge is 2.78. The Morgan fingerprint density at radius 2 is 1.62 bits per heavy atom. The van der Waals surface area contributed by atoms with Crippen LogP contribution in [0.4, 0.5) is 0 Å². The van der Waals surface area contributed by atoms with Crippen LogP contribution in [-0.2, 0) is 4.79 Å². The lowest BCUT2D eigenvalue weighted by atomic mass is 9.40. The second kappa shape index (κ2) is 2.18. The summed E-state index contributed by atoms with van der Waals surface area (Å²) in [5.74, 6) is 0.579. The van der Waals surface area contributed by atoms with Crippen molar-refractivity contribution in [2.24, 2.45) is 16.2 Å². The van der Waals surface area contributed by atoms with E-state index < -0.39 is 0 Å². The van der Waals surface area contributed by atoms with Gasteiger partial charge in [0.25, 0.3) is 0 Å². The molecule has 2 saturated carbocycles. The Hall–Kier alpha value is -0.330. The molecule has 0 aliphatic heterocycles. The molecule has 74 valence electrons. The van der Waals surface area contributed by atoms with Crippen molar-refractivity contribution in [3.63, 3.8) is 0 Å². The summed E-state index contributed by atoms with van der Waals surface area (Å²) in [7, 11) is 0. The van der Waals surface area contributed by atoms with Crippen molar-refractivity contribution in [3.05, 3.63) is 0 Å². The minimum absolute atomic E-state index is 0.0174. The van der Waals surface area contributed by atoms with E-state index in [1.807, 2.05) is 0 Å². The Balaban J connectivity index is 2.38. The summed E-state index contributed by atoms with van der Waals surface area (Å²) in [5.41, 5.74) is 0.406. The van der Waals surface area contributed by atoms with Crippen LogP contribution in [0.2, 0.25) is 0 Å². The molecule has 13 heavy (non-hydrogen) atoms. The first kappa shape index (κ1) is 9.23. The number of rotatable bonds is 2. The molecule has 0 aromatic rings. The monoisotopic (exact) mass is 180 g/mol. The van der Waals surface area contributed by atoms with E-state index in [0.29, 0.717) is 5.78 Å². The molecule has 1 nitrogen and oxygen atoms in total. The summed E-state index contributed by atoms with van der Waals surface area (Å²) in [6.45, 7) is 8.93. The predicted octanol–water partition coefficient (Wildman–Crippen LogP) is 3.18. The van der Waals surface area contributed by atoms with Crippen LogP contribution >= 0.6 is 0 Å². The molecule has 0 atom stereocenters. The predicted molar refractivity (Wildman–Crippen MR) is 53.5 cm³/mol. The average molecular weight is 180 g/mol. The van der Waals surface area contributed by atoms with Gasteiger partial charge in [-0.15, -0.1) is 0 Å². The van der Waals surface area contributed by atoms with Crippen molar-refractivity contribution in [1.82, 2.24) is 0 Å². The molecule has 0 bridgehead atoms. The van der Waals surface area contributed by atoms with Crippen molar-refractivity contribution in [1.29, 1.82) is 0 Å². The highest BCUT2D eigenvalue weighted by atomic mass is 16.1. The first-order valence-electron chi connectivity index (χ1n) is 5.53. The van der Waals surface area contributed by atoms with Gasteiger partial charge in [-0.25, -0.2) is 0 Å². The Morgan fingerprint density at radius 1 is 1.15 bits per heavy atom. The Labute approximate surface area is 80.9 Å². The minimum atomic E-state index is 0.0174. The van der Waals surface area contributed by atoms with Gasteiger partial charge in [-0.05, 0) is 31.1 Å². The third-order valence-electron chi connectivity index (χ3n) is 5.22. The summed E-state index contributed by atoms with van der Waals surface area (Å²) >= 11 is 0. The molecule has 0 heterocycles. The lowest BCUT2D eigenvalue weighted by Gasteiger charge is -2.61.